The van der Waals surface area contributed by atoms with E-state index in [0.717, 1.165) is 22.7 Å². The van der Waals surface area contributed by atoms with Gasteiger partial charge in [-0.25, -0.2) is 22.0 Å². The van der Waals surface area contributed by atoms with Gasteiger partial charge >= 0.3 is 6.09 Å². The summed E-state index contributed by atoms with van der Waals surface area (Å²) in [5.41, 5.74) is 0.169. The molecule has 3 N–H and O–H groups in total. The molecule has 0 spiro atoms. The molecule has 0 fully saturated rings. The van der Waals surface area contributed by atoms with Crippen LogP contribution in [-0.2, 0) is 27.7 Å². The molecule has 0 saturated heterocycles. The number of rotatable bonds is 13. The highest BCUT2D eigenvalue weighted by Gasteiger charge is 2.30. The minimum atomic E-state index is -3.74. The van der Waals surface area contributed by atoms with Gasteiger partial charge in [-0.1, -0.05) is 12.1 Å². The van der Waals surface area contributed by atoms with Crippen LogP contribution in [0, 0.1) is 11.6 Å². The molecule has 0 aromatic heterocycles. The predicted octanol–water partition coefficient (Wildman–Crippen LogP) is 4.56. The minimum absolute atomic E-state index is 0.0178. The van der Waals surface area contributed by atoms with E-state index in [-0.39, 0.29) is 41.9 Å². The zero-order valence-corrected chi connectivity index (χ0v) is 28.8. The second-order valence-electron chi connectivity index (χ2n) is 12.6. The van der Waals surface area contributed by atoms with E-state index < -0.39 is 57.5 Å². The number of nitrogens with zero attached hydrogens (tertiary/aromatic N) is 2. The largest absolute Gasteiger partial charge is 0.497 e. The molecule has 0 radical (unpaired) electrons. The molecule has 0 aliphatic heterocycles. The molecule has 3 rings (SSSR count). The third-order valence-corrected chi connectivity index (χ3v) is 8.48. The van der Waals surface area contributed by atoms with Crippen molar-refractivity contribution >= 4 is 27.7 Å². The van der Waals surface area contributed by atoms with E-state index in [0.29, 0.717) is 17.4 Å². The topological polar surface area (TPSA) is 146 Å². The molecule has 48 heavy (non-hydrogen) atoms. The number of anilines is 1. The van der Waals surface area contributed by atoms with Crippen LogP contribution < -0.4 is 14.4 Å². The number of hydrogen-bond acceptors (Lipinski definition) is 8. The number of hydrogen-bond donors (Lipinski definition) is 3. The van der Waals surface area contributed by atoms with Gasteiger partial charge in [0.05, 0.1) is 43.8 Å². The first-order valence-electron chi connectivity index (χ1n) is 15.1. The lowest BCUT2D eigenvalue weighted by molar-refractivity contribution is 0.00836. The summed E-state index contributed by atoms with van der Waals surface area (Å²) >= 11 is 0. The smallest absolute Gasteiger partial charge is 0.410 e. The summed E-state index contributed by atoms with van der Waals surface area (Å²) in [6.07, 6.45) is -2.61. The maximum Gasteiger partial charge on any atom is 0.410 e. The predicted molar refractivity (Wildman–Crippen MR) is 177 cm³/mol. The van der Waals surface area contributed by atoms with Gasteiger partial charge in [0.2, 0.25) is 10.0 Å². The molecule has 0 saturated carbocycles. The van der Waals surface area contributed by atoms with Crippen molar-refractivity contribution in [3.05, 3.63) is 94.6 Å². The van der Waals surface area contributed by atoms with Crippen molar-refractivity contribution < 1.29 is 46.5 Å². The molecule has 14 heteroatoms. The molecule has 2 amide bonds. The van der Waals surface area contributed by atoms with Gasteiger partial charge in [0.15, 0.2) is 0 Å². The van der Waals surface area contributed by atoms with Gasteiger partial charge in [-0.2, -0.15) is 0 Å². The zero-order valence-electron chi connectivity index (χ0n) is 28.0. The average molecular weight is 692 g/mol. The first kappa shape index (κ1) is 38.2. The van der Waals surface area contributed by atoms with Crippen LogP contribution in [0.15, 0.2) is 60.7 Å². The lowest BCUT2D eigenvalue weighted by Gasteiger charge is -2.32. The summed E-state index contributed by atoms with van der Waals surface area (Å²) in [5, 5.41) is 24.5. The summed E-state index contributed by atoms with van der Waals surface area (Å²) in [6.45, 7) is 6.11. The van der Waals surface area contributed by atoms with Crippen molar-refractivity contribution in [2.45, 2.75) is 64.5 Å². The summed E-state index contributed by atoms with van der Waals surface area (Å²) in [4.78, 5) is 28.3. The number of ether oxygens (including phenoxy) is 2. The van der Waals surface area contributed by atoms with Crippen molar-refractivity contribution in [3.63, 3.8) is 0 Å². The van der Waals surface area contributed by atoms with Gasteiger partial charge in [-0.3, -0.25) is 9.10 Å². The lowest BCUT2D eigenvalue weighted by atomic mass is 9.99. The van der Waals surface area contributed by atoms with Crippen LogP contribution in [0.1, 0.15) is 60.8 Å². The van der Waals surface area contributed by atoms with Crippen LogP contribution in [-0.4, -0.2) is 80.2 Å². The molecule has 262 valence electrons. The van der Waals surface area contributed by atoms with Crippen molar-refractivity contribution in [2.75, 3.05) is 31.3 Å². The Morgan fingerprint density at radius 1 is 0.979 bits per heavy atom. The maximum absolute atomic E-state index is 14.2. The second-order valence-corrected chi connectivity index (χ2v) is 14.6. The third kappa shape index (κ3) is 11.2. The Morgan fingerprint density at radius 3 is 2.19 bits per heavy atom. The number of benzene rings is 3. The van der Waals surface area contributed by atoms with Gasteiger partial charge in [0.1, 0.15) is 23.0 Å². The standard InChI is InChI=1S/C34H43F2N3O8S/c1-21(40)24-15-25(17-28(16-24)38(5)48(7,44)45)32(42)37-30(14-23-11-26(35)18-27(36)12-23)31(41)20-39(33(43)47-34(2,3)4)19-22-9-8-10-29(13-22)46-6/h8-13,15-18,21,30-31,40-41H,14,19-20H2,1-7H3,(H,37,42)/t21?,30-,31+/m0/s1. The fraction of sp³-hybridized carbons (Fsp3) is 0.412. The normalized spacial score (nSPS) is 13.6. The van der Waals surface area contributed by atoms with Crippen LogP contribution >= 0.6 is 0 Å². The van der Waals surface area contributed by atoms with E-state index >= 15 is 0 Å². The molecule has 3 aromatic rings. The summed E-state index contributed by atoms with van der Waals surface area (Å²) < 4.78 is 64.7. The fourth-order valence-corrected chi connectivity index (χ4v) is 5.26. The molecule has 0 bridgehead atoms. The van der Waals surface area contributed by atoms with Crippen molar-refractivity contribution in [3.8, 4) is 5.75 Å². The Morgan fingerprint density at radius 2 is 1.62 bits per heavy atom. The molecular weight excluding hydrogens is 648 g/mol. The van der Waals surface area contributed by atoms with Crippen LogP contribution in [0.25, 0.3) is 0 Å². The second kappa shape index (κ2) is 15.8. The molecule has 0 aliphatic carbocycles. The fourth-order valence-electron chi connectivity index (χ4n) is 4.77. The number of carbonyl (C=O) groups excluding carboxylic acids is 2. The SMILES string of the molecule is COc1cccc(CN(C[C@@H](O)[C@H](Cc2cc(F)cc(F)c2)NC(=O)c2cc(C(C)O)cc(N(C)S(C)(=O)=O)c2)C(=O)OC(C)(C)C)c1. The third-order valence-electron chi connectivity index (χ3n) is 7.27. The Bertz CT molecular complexity index is 1690. The van der Waals surface area contributed by atoms with Crippen molar-refractivity contribution in [2.24, 2.45) is 0 Å². The Balaban J connectivity index is 2.02. The van der Waals surface area contributed by atoms with E-state index in [1.54, 1.807) is 45.0 Å². The van der Waals surface area contributed by atoms with E-state index in [1.165, 1.54) is 44.2 Å². The number of nitrogens with one attached hydrogen (secondary N) is 1. The van der Waals surface area contributed by atoms with E-state index in [4.69, 9.17) is 9.47 Å². The Hall–Kier alpha value is -4.27. The van der Waals surface area contributed by atoms with Crippen LogP contribution in [0.4, 0.5) is 19.3 Å². The minimum Gasteiger partial charge on any atom is -0.497 e. The quantitative estimate of drug-likeness (QED) is 0.237. The van der Waals surface area contributed by atoms with Crippen molar-refractivity contribution in [1.29, 1.82) is 0 Å². The van der Waals surface area contributed by atoms with Crippen molar-refractivity contribution in [1.82, 2.24) is 10.2 Å². The Kier molecular flexibility index (Phi) is 12.5. The number of sulfonamides is 1. The van der Waals surface area contributed by atoms with E-state index in [1.807, 2.05) is 0 Å². The highest BCUT2D eigenvalue weighted by Crippen LogP contribution is 2.25. The highest BCUT2D eigenvalue weighted by molar-refractivity contribution is 7.92. The maximum atomic E-state index is 14.2. The average Bonchev–Trinajstić information content (AvgIpc) is 2.97. The van der Waals surface area contributed by atoms with E-state index in [2.05, 4.69) is 5.32 Å². The van der Waals surface area contributed by atoms with E-state index in [9.17, 15) is 37.0 Å². The number of aliphatic hydroxyl groups excluding tert-OH is 2. The number of aliphatic hydroxyl groups is 2. The summed E-state index contributed by atoms with van der Waals surface area (Å²) in [5.74, 6) is -1.97. The Labute approximate surface area is 280 Å². The zero-order chi connectivity index (χ0) is 36.0. The van der Waals surface area contributed by atoms with Crippen LogP contribution in [0.5, 0.6) is 5.75 Å². The number of carbonyl (C=O) groups is 2. The van der Waals surface area contributed by atoms with Gasteiger partial charge in [-0.05, 0) is 93.3 Å². The van der Waals surface area contributed by atoms with Gasteiger partial charge in [0, 0.05) is 25.2 Å². The first-order valence-corrected chi connectivity index (χ1v) is 16.9. The molecule has 0 aliphatic rings. The monoisotopic (exact) mass is 691 g/mol. The molecule has 3 atom stereocenters. The summed E-state index contributed by atoms with van der Waals surface area (Å²) in [6, 6.07) is 12.6. The molecule has 0 heterocycles. The molecular formula is C34H43F2N3O8S. The number of amides is 2. The lowest BCUT2D eigenvalue weighted by Crippen LogP contribution is -2.51. The number of methoxy groups -OCH3 is 1. The van der Waals surface area contributed by atoms with Crippen LogP contribution in [0.2, 0.25) is 0 Å². The summed E-state index contributed by atoms with van der Waals surface area (Å²) in [7, 11) is -0.955. The highest BCUT2D eigenvalue weighted by atomic mass is 32.2. The molecule has 1 unspecified atom stereocenters. The van der Waals surface area contributed by atoms with Gasteiger partial charge < -0.3 is 29.9 Å². The number of halogens is 2. The van der Waals surface area contributed by atoms with Crippen LogP contribution in [0.3, 0.4) is 0 Å². The van der Waals surface area contributed by atoms with Gasteiger partial charge in [0.25, 0.3) is 5.91 Å². The molecule has 11 nitrogen and oxygen atoms in total. The van der Waals surface area contributed by atoms with Gasteiger partial charge in [-0.15, -0.1) is 0 Å². The molecule has 3 aromatic carbocycles. The first-order chi connectivity index (χ1) is 22.2.